The van der Waals surface area contributed by atoms with E-state index in [1.807, 2.05) is 6.92 Å². The Balaban J connectivity index is 4.06. The molecule has 0 aliphatic carbocycles. The van der Waals surface area contributed by atoms with Gasteiger partial charge in [0.2, 0.25) is 0 Å². The average Bonchev–Trinajstić information content (AvgIpc) is 2.39. The Bertz CT molecular complexity index is 206. The van der Waals surface area contributed by atoms with Gasteiger partial charge in [-0.3, -0.25) is 5.32 Å². The van der Waals surface area contributed by atoms with Crippen LogP contribution in [0.1, 0.15) is 26.2 Å². The zero-order chi connectivity index (χ0) is 14.1. The van der Waals surface area contributed by atoms with Crippen LogP contribution in [0.2, 0.25) is 0 Å². The first-order valence-corrected chi connectivity index (χ1v) is 6.20. The molecule has 0 saturated heterocycles. The van der Waals surface area contributed by atoms with Crippen LogP contribution in [0.15, 0.2) is 0 Å². The predicted octanol–water partition coefficient (Wildman–Crippen LogP) is -2.48. The minimum atomic E-state index is -1.75. The van der Waals surface area contributed by atoms with E-state index in [0.29, 0.717) is 6.54 Å². The van der Waals surface area contributed by atoms with Crippen LogP contribution in [0.3, 0.4) is 0 Å². The molecule has 0 saturated carbocycles. The van der Waals surface area contributed by atoms with Gasteiger partial charge in [0.25, 0.3) is 0 Å². The third kappa shape index (κ3) is 6.05. The highest BCUT2D eigenvalue weighted by atomic mass is 16.4. The molecule has 0 heterocycles. The lowest BCUT2D eigenvalue weighted by Gasteiger charge is -2.28. The van der Waals surface area contributed by atoms with Gasteiger partial charge in [-0.05, 0) is 13.0 Å². The Morgan fingerprint density at radius 3 is 2.00 bits per heavy atom. The summed E-state index contributed by atoms with van der Waals surface area (Å²) >= 11 is 0. The summed E-state index contributed by atoms with van der Waals surface area (Å²) < 4.78 is 0. The normalized spacial score (nSPS) is 20.2. The molecular weight excluding hydrogens is 242 g/mol. The third-order valence-electron chi connectivity index (χ3n) is 2.74. The molecular formula is C11H25NO6. The van der Waals surface area contributed by atoms with Gasteiger partial charge in [-0.2, -0.15) is 0 Å². The number of aliphatic hydroxyl groups is 6. The number of hydrogen-bond acceptors (Lipinski definition) is 7. The fraction of sp³-hybridized carbons (Fsp3) is 1.00. The maximum Gasteiger partial charge on any atom is 0.133 e. The molecule has 5 unspecified atom stereocenters. The topological polar surface area (TPSA) is 133 Å². The highest BCUT2D eigenvalue weighted by Crippen LogP contribution is 2.07. The molecule has 110 valence electrons. The highest BCUT2D eigenvalue weighted by Gasteiger charge is 2.33. The van der Waals surface area contributed by atoms with Crippen LogP contribution in [0, 0.1) is 0 Å². The summed E-state index contributed by atoms with van der Waals surface area (Å²) in [6, 6.07) is 0. The Morgan fingerprint density at radius 1 is 0.889 bits per heavy atom. The lowest BCUT2D eigenvalue weighted by atomic mass is 10.0. The molecule has 7 nitrogen and oxygen atoms in total. The molecule has 0 radical (unpaired) electrons. The van der Waals surface area contributed by atoms with E-state index in [4.69, 9.17) is 10.2 Å². The van der Waals surface area contributed by atoms with Crippen molar-refractivity contribution in [1.82, 2.24) is 5.32 Å². The average molecular weight is 267 g/mol. The van der Waals surface area contributed by atoms with E-state index in [0.717, 1.165) is 19.3 Å². The van der Waals surface area contributed by atoms with Crippen LogP contribution in [-0.2, 0) is 0 Å². The standard InChI is InChI=1S/C11H25NO6/c1-2-3-4-5-12-11(18)10(17)9(16)8(15)7(14)6-13/h7-18H,2-6H2,1H3. The minimum Gasteiger partial charge on any atom is -0.394 e. The molecule has 0 spiro atoms. The summed E-state index contributed by atoms with van der Waals surface area (Å²) in [7, 11) is 0. The minimum absolute atomic E-state index is 0.470. The molecule has 0 rings (SSSR count). The summed E-state index contributed by atoms with van der Waals surface area (Å²) in [4.78, 5) is 0. The van der Waals surface area contributed by atoms with Crippen LogP contribution in [0.5, 0.6) is 0 Å². The lowest BCUT2D eigenvalue weighted by Crippen LogP contribution is -2.53. The summed E-state index contributed by atoms with van der Waals surface area (Å²) in [5, 5.41) is 58.2. The molecule has 0 aromatic rings. The van der Waals surface area contributed by atoms with Gasteiger partial charge in [0, 0.05) is 0 Å². The van der Waals surface area contributed by atoms with Crippen LogP contribution in [-0.4, -0.2) is 74.4 Å². The van der Waals surface area contributed by atoms with Gasteiger partial charge >= 0.3 is 0 Å². The van der Waals surface area contributed by atoms with Crippen molar-refractivity contribution < 1.29 is 30.6 Å². The molecule has 0 aliphatic heterocycles. The Labute approximate surface area is 107 Å². The van der Waals surface area contributed by atoms with E-state index in [2.05, 4.69) is 5.32 Å². The van der Waals surface area contributed by atoms with Crippen LogP contribution in [0.4, 0.5) is 0 Å². The van der Waals surface area contributed by atoms with Gasteiger partial charge in [0.05, 0.1) is 6.61 Å². The molecule has 0 aromatic heterocycles. The van der Waals surface area contributed by atoms with Gasteiger partial charge in [0.15, 0.2) is 0 Å². The van der Waals surface area contributed by atoms with Crippen molar-refractivity contribution in [1.29, 1.82) is 0 Å². The first-order chi connectivity index (χ1) is 8.45. The van der Waals surface area contributed by atoms with Crippen LogP contribution < -0.4 is 5.32 Å². The largest absolute Gasteiger partial charge is 0.394 e. The van der Waals surface area contributed by atoms with E-state index in [-0.39, 0.29) is 0 Å². The van der Waals surface area contributed by atoms with Gasteiger partial charge in [0.1, 0.15) is 30.6 Å². The molecule has 18 heavy (non-hydrogen) atoms. The predicted molar refractivity (Wildman–Crippen MR) is 64.6 cm³/mol. The summed E-state index contributed by atoms with van der Waals surface area (Å²) in [5.41, 5.74) is 0. The summed E-state index contributed by atoms with van der Waals surface area (Å²) in [5.74, 6) is 0. The second-order valence-corrected chi connectivity index (χ2v) is 4.33. The number of aliphatic hydroxyl groups excluding tert-OH is 6. The summed E-state index contributed by atoms with van der Waals surface area (Å²) in [6.07, 6.45) is -5.28. The van der Waals surface area contributed by atoms with Crippen molar-refractivity contribution in [2.45, 2.75) is 56.8 Å². The molecule has 0 fully saturated rings. The number of nitrogens with one attached hydrogen (secondary N) is 1. The van der Waals surface area contributed by atoms with Crippen molar-refractivity contribution in [3.63, 3.8) is 0 Å². The molecule has 7 N–H and O–H groups in total. The number of hydrogen-bond donors (Lipinski definition) is 7. The van der Waals surface area contributed by atoms with Crippen molar-refractivity contribution in [3.8, 4) is 0 Å². The maximum atomic E-state index is 9.54. The number of rotatable bonds is 10. The molecule has 0 aliphatic rings. The zero-order valence-electron chi connectivity index (χ0n) is 10.6. The van der Waals surface area contributed by atoms with E-state index < -0.39 is 37.3 Å². The van der Waals surface area contributed by atoms with Crippen molar-refractivity contribution >= 4 is 0 Å². The van der Waals surface area contributed by atoms with Crippen molar-refractivity contribution in [3.05, 3.63) is 0 Å². The quantitative estimate of drug-likeness (QED) is 0.172. The smallest absolute Gasteiger partial charge is 0.133 e. The van der Waals surface area contributed by atoms with E-state index in [1.165, 1.54) is 0 Å². The third-order valence-corrected chi connectivity index (χ3v) is 2.74. The second-order valence-electron chi connectivity index (χ2n) is 4.33. The van der Waals surface area contributed by atoms with E-state index in [9.17, 15) is 20.4 Å². The first kappa shape index (κ1) is 17.7. The van der Waals surface area contributed by atoms with Crippen LogP contribution in [0.25, 0.3) is 0 Å². The van der Waals surface area contributed by atoms with Gasteiger partial charge < -0.3 is 30.6 Å². The van der Waals surface area contributed by atoms with Gasteiger partial charge in [-0.1, -0.05) is 19.8 Å². The first-order valence-electron chi connectivity index (χ1n) is 6.20. The SMILES string of the molecule is CCCCCNC(O)C(O)C(O)C(O)C(O)CO. The van der Waals surface area contributed by atoms with E-state index in [1.54, 1.807) is 0 Å². The highest BCUT2D eigenvalue weighted by molar-refractivity contribution is 4.83. The van der Waals surface area contributed by atoms with Crippen molar-refractivity contribution in [2.24, 2.45) is 0 Å². The molecule has 5 atom stereocenters. The summed E-state index contributed by atoms with van der Waals surface area (Å²) in [6.45, 7) is 1.75. The van der Waals surface area contributed by atoms with Crippen molar-refractivity contribution in [2.75, 3.05) is 13.2 Å². The van der Waals surface area contributed by atoms with Crippen LogP contribution >= 0.6 is 0 Å². The zero-order valence-corrected chi connectivity index (χ0v) is 10.6. The molecule has 0 aromatic carbocycles. The Hall–Kier alpha value is -0.280. The van der Waals surface area contributed by atoms with Gasteiger partial charge in [-0.25, -0.2) is 0 Å². The lowest BCUT2D eigenvalue weighted by molar-refractivity contribution is -0.145. The van der Waals surface area contributed by atoms with E-state index >= 15 is 0 Å². The Morgan fingerprint density at radius 2 is 1.50 bits per heavy atom. The fourth-order valence-corrected chi connectivity index (χ4v) is 1.47. The number of unbranched alkanes of at least 4 members (excludes halogenated alkanes) is 2. The monoisotopic (exact) mass is 267 g/mol. The molecule has 0 bridgehead atoms. The molecule has 7 heteroatoms. The molecule has 0 amide bonds. The maximum absolute atomic E-state index is 9.54. The fourth-order valence-electron chi connectivity index (χ4n) is 1.47. The second kappa shape index (κ2) is 9.62. The Kier molecular flexibility index (Phi) is 9.47. The van der Waals surface area contributed by atoms with Gasteiger partial charge in [-0.15, -0.1) is 0 Å².